The van der Waals surface area contributed by atoms with Gasteiger partial charge in [0, 0.05) is 19.5 Å². The van der Waals surface area contributed by atoms with Crippen molar-refractivity contribution in [3.8, 4) is 0 Å². The molecule has 0 radical (unpaired) electrons. The molecule has 0 aliphatic carbocycles. The highest BCUT2D eigenvalue weighted by Crippen LogP contribution is 2.17. The molecule has 2 rings (SSSR count). The van der Waals surface area contributed by atoms with Crippen LogP contribution >= 0.6 is 12.4 Å². The lowest BCUT2D eigenvalue weighted by Crippen LogP contribution is -2.56. The number of amides is 2. The number of carbonyl (C=O) groups excluding carboxylic acids is 2. The van der Waals surface area contributed by atoms with Gasteiger partial charge in [-0.25, -0.2) is 0 Å². The van der Waals surface area contributed by atoms with Gasteiger partial charge in [-0.3, -0.25) is 9.59 Å². The summed E-state index contributed by atoms with van der Waals surface area (Å²) in [4.78, 5) is 25.6. The van der Waals surface area contributed by atoms with Gasteiger partial charge in [0.05, 0.1) is 0 Å². The first-order valence-corrected chi connectivity index (χ1v) is 7.00. The van der Waals surface area contributed by atoms with Crippen LogP contribution in [0.3, 0.4) is 0 Å². The summed E-state index contributed by atoms with van der Waals surface area (Å²) in [6.07, 6.45) is 3.39. The SMILES string of the molecule is CCC1C(=O)NCCN1C(=O)CCC1CCNC1.Cl. The molecule has 0 saturated carbocycles. The van der Waals surface area contributed by atoms with Crippen molar-refractivity contribution in [3.63, 3.8) is 0 Å². The number of piperazine rings is 1. The first kappa shape index (κ1) is 16.2. The molecule has 2 aliphatic heterocycles. The van der Waals surface area contributed by atoms with E-state index < -0.39 is 0 Å². The number of rotatable bonds is 4. The van der Waals surface area contributed by atoms with Crippen LogP contribution < -0.4 is 10.6 Å². The van der Waals surface area contributed by atoms with Gasteiger partial charge in [-0.05, 0) is 38.3 Å². The normalized spacial score (nSPS) is 26.8. The van der Waals surface area contributed by atoms with Gasteiger partial charge in [-0.15, -0.1) is 12.4 Å². The molecular weight excluding hydrogens is 266 g/mol. The van der Waals surface area contributed by atoms with Crippen molar-refractivity contribution in [1.29, 1.82) is 0 Å². The van der Waals surface area contributed by atoms with Crippen LogP contribution in [0.2, 0.25) is 0 Å². The minimum absolute atomic E-state index is 0. The molecule has 2 amide bonds. The second-order valence-electron chi connectivity index (χ2n) is 5.20. The Hall–Kier alpha value is -0.810. The highest BCUT2D eigenvalue weighted by atomic mass is 35.5. The van der Waals surface area contributed by atoms with Crippen LogP contribution in [-0.4, -0.2) is 48.9 Å². The summed E-state index contributed by atoms with van der Waals surface area (Å²) >= 11 is 0. The maximum Gasteiger partial charge on any atom is 0.242 e. The van der Waals surface area contributed by atoms with Crippen molar-refractivity contribution in [2.24, 2.45) is 5.92 Å². The Morgan fingerprint density at radius 1 is 1.42 bits per heavy atom. The van der Waals surface area contributed by atoms with E-state index in [0.717, 1.165) is 19.5 Å². The Labute approximate surface area is 120 Å². The van der Waals surface area contributed by atoms with Crippen LogP contribution in [0.5, 0.6) is 0 Å². The standard InChI is InChI=1S/C13H23N3O2.ClH/c1-2-11-13(18)15-7-8-16(11)12(17)4-3-10-5-6-14-9-10;/h10-11,14H,2-9H2,1H3,(H,15,18);1H. The number of carbonyl (C=O) groups is 2. The van der Waals surface area contributed by atoms with Gasteiger partial charge < -0.3 is 15.5 Å². The number of nitrogens with zero attached hydrogens (tertiary/aromatic N) is 1. The zero-order valence-corrected chi connectivity index (χ0v) is 12.3. The van der Waals surface area contributed by atoms with Gasteiger partial charge in [0.15, 0.2) is 0 Å². The van der Waals surface area contributed by atoms with Crippen LogP contribution in [0.1, 0.15) is 32.6 Å². The molecule has 2 heterocycles. The predicted octanol–water partition coefficient (Wildman–Crippen LogP) is 0.535. The lowest BCUT2D eigenvalue weighted by Gasteiger charge is -2.34. The number of hydrogen-bond donors (Lipinski definition) is 2. The first-order chi connectivity index (χ1) is 8.72. The molecule has 110 valence electrons. The van der Waals surface area contributed by atoms with Crippen molar-refractivity contribution in [2.45, 2.75) is 38.6 Å². The zero-order valence-electron chi connectivity index (χ0n) is 11.5. The van der Waals surface area contributed by atoms with E-state index in [2.05, 4.69) is 10.6 Å². The summed E-state index contributed by atoms with van der Waals surface area (Å²) in [5.41, 5.74) is 0. The van der Waals surface area contributed by atoms with Crippen molar-refractivity contribution in [3.05, 3.63) is 0 Å². The van der Waals surface area contributed by atoms with Gasteiger partial charge in [0.1, 0.15) is 6.04 Å². The summed E-state index contributed by atoms with van der Waals surface area (Å²) in [6.45, 7) is 5.31. The van der Waals surface area contributed by atoms with Crippen LogP contribution in [0.25, 0.3) is 0 Å². The van der Waals surface area contributed by atoms with E-state index in [4.69, 9.17) is 0 Å². The molecule has 2 N–H and O–H groups in total. The molecule has 0 aromatic carbocycles. The van der Waals surface area contributed by atoms with Crippen molar-refractivity contribution in [1.82, 2.24) is 15.5 Å². The molecule has 0 bridgehead atoms. The molecule has 6 heteroatoms. The summed E-state index contributed by atoms with van der Waals surface area (Å²) in [5.74, 6) is 0.774. The fourth-order valence-electron chi connectivity index (χ4n) is 2.85. The second kappa shape index (κ2) is 7.70. The van der Waals surface area contributed by atoms with Gasteiger partial charge in [0.2, 0.25) is 11.8 Å². The molecule has 0 aromatic heterocycles. The Balaban J connectivity index is 0.00000180. The molecule has 2 saturated heterocycles. The summed E-state index contributed by atoms with van der Waals surface area (Å²) < 4.78 is 0. The zero-order chi connectivity index (χ0) is 13.0. The quantitative estimate of drug-likeness (QED) is 0.794. The second-order valence-corrected chi connectivity index (χ2v) is 5.20. The molecule has 2 fully saturated rings. The Morgan fingerprint density at radius 2 is 2.21 bits per heavy atom. The average Bonchev–Trinajstić information content (AvgIpc) is 2.88. The van der Waals surface area contributed by atoms with Crippen molar-refractivity contribution >= 4 is 24.2 Å². The van der Waals surface area contributed by atoms with Gasteiger partial charge in [0.25, 0.3) is 0 Å². The summed E-state index contributed by atoms with van der Waals surface area (Å²) in [7, 11) is 0. The molecular formula is C13H24ClN3O2. The third kappa shape index (κ3) is 4.08. The third-order valence-corrected chi connectivity index (χ3v) is 3.97. The molecule has 2 aliphatic rings. The smallest absolute Gasteiger partial charge is 0.242 e. The van der Waals surface area contributed by atoms with Crippen LogP contribution in [0.4, 0.5) is 0 Å². The van der Waals surface area contributed by atoms with Crippen molar-refractivity contribution in [2.75, 3.05) is 26.2 Å². The van der Waals surface area contributed by atoms with E-state index >= 15 is 0 Å². The minimum atomic E-state index is -0.257. The molecule has 2 unspecified atom stereocenters. The predicted molar refractivity (Wildman–Crippen MR) is 76.3 cm³/mol. The lowest BCUT2D eigenvalue weighted by molar-refractivity contribution is -0.143. The fourth-order valence-corrected chi connectivity index (χ4v) is 2.85. The summed E-state index contributed by atoms with van der Waals surface area (Å²) in [6, 6.07) is -0.257. The monoisotopic (exact) mass is 289 g/mol. The Kier molecular flexibility index (Phi) is 6.58. The van der Waals surface area contributed by atoms with Gasteiger partial charge in [-0.1, -0.05) is 6.92 Å². The minimum Gasteiger partial charge on any atom is -0.353 e. The van der Waals surface area contributed by atoms with E-state index in [1.165, 1.54) is 6.42 Å². The lowest BCUT2D eigenvalue weighted by atomic mass is 10.0. The van der Waals surface area contributed by atoms with Gasteiger partial charge in [-0.2, -0.15) is 0 Å². The van der Waals surface area contributed by atoms with Gasteiger partial charge >= 0.3 is 0 Å². The van der Waals surface area contributed by atoms with E-state index in [1.807, 2.05) is 6.92 Å². The molecule has 0 aromatic rings. The Bertz CT molecular complexity index is 319. The van der Waals surface area contributed by atoms with E-state index in [1.54, 1.807) is 4.90 Å². The molecule has 2 atom stereocenters. The Morgan fingerprint density at radius 3 is 2.84 bits per heavy atom. The van der Waals surface area contributed by atoms with Crippen LogP contribution in [0.15, 0.2) is 0 Å². The maximum atomic E-state index is 12.2. The largest absolute Gasteiger partial charge is 0.353 e. The highest BCUT2D eigenvalue weighted by molar-refractivity contribution is 5.88. The number of hydrogen-bond acceptors (Lipinski definition) is 3. The van der Waals surface area contributed by atoms with Crippen LogP contribution in [-0.2, 0) is 9.59 Å². The maximum absolute atomic E-state index is 12.2. The van der Waals surface area contributed by atoms with E-state index in [-0.39, 0.29) is 30.3 Å². The first-order valence-electron chi connectivity index (χ1n) is 7.00. The van der Waals surface area contributed by atoms with E-state index in [9.17, 15) is 9.59 Å². The summed E-state index contributed by atoms with van der Waals surface area (Å²) in [5, 5.41) is 6.14. The third-order valence-electron chi connectivity index (χ3n) is 3.97. The topological polar surface area (TPSA) is 61.4 Å². The average molecular weight is 290 g/mol. The molecule has 5 nitrogen and oxygen atoms in total. The number of nitrogens with one attached hydrogen (secondary N) is 2. The molecule has 0 spiro atoms. The fraction of sp³-hybridized carbons (Fsp3) is 0.846. The van der Waals surface area contributed by atoms with E-state index in [0.29, 0.717) is 31.8 Å². The number of halogens is 1. The van der Waals surface area contributed by atoms with Crippen molar-refractivity contribution < 1.29 is 9.59 Å². The highest BCUT2D eigenvalue weighted by Gasteiger charge is 2.31. The van der Waals surface area contributed by atoms with Crippen LogP contribution in [0, 0.1) is 5.92 Å². The molecule has 19 heavy (non-hydrogen) atoms.